The van der Waals surface area contributed by atoms with E-state index in [4.69, 9.17) is 9.47 Å². The van der Waals surface area contributed by atoms with Gasteiger partial charge in [0, 0.05) is 0 Å². The number of rotatable bonds is 7. The SMILES string of the molecule is COC(=O)[C@H](CC(C)(C)C(=O)OC)[C@H](O)CC(C)C. The summed E-state index contributed by atoms with van der Waals surface area (Å²) >= 11 is 0. The molecule has 0 aromatic carbocycles. The second-order valence-electron chi connectivity index (χ2n) is 5.91. The van der Waals surface area contributed by atoms with Crippen LogP contribution < -0.4 is 0 Å². The second-order valence-corrected chi connectivity index (χ2v) is 5.91. The van der Waals surface area contributed by atoms with Crippen molar-refractivity contribution in [2.45, 2.75) is 46.6 Å². The Labute approximate surface area is 115 Å². The third kappa shape index (κ3) is 5.59. The molecule has 2 atom stereocenters. The zero-order chi connectivity index (χ0) is 15.2. The van der Waals surface area contributed by atoms with Gasteiger partial charge in [0.1, 0.15) is 0 Å². The van der Waals surface area contributed by atoms with Gasteiger partial charge in [-0.05, 0) is 32.6 Å². The molecule has 0 saturated heterocycles. The zero-order valence-electron chi connectivity index (χ0n) is 12.7. The fourth-order valence-corrected chi connectivity index (χ4v) is 2.08. The van der Waals surface area contributed by atoms with Gasteiger partial charge in [0.25, 0.3) is 0 Å². The quantitative estimate of drug-likeness (QED) is 0.716. The lowest BCUT2D eigenvalue weighted by molar-refractivity contribution is -0.157. The highest BCUT2D eigenvalue weighted by molar-refractivity contribution is 5.78. The fraction of sp³-hybridized carbons (Fsp3) is 0.857. The second kappa shape index (κ2) is 7.48. The summed E-state index contributed by atoms with van der Waals surface area (Å²) in [5.41, 5.74) is -0.842. The van der Waals surface area contributed by atoms with E-state index >= 15 is 0 Å². The first-order valence-electron chi connectivity index (χ1n) is 6.50. The van der Waals surface area contributed by atoms with E-state index in [9.17, 15) is 14.7 Å². The number of methoxy groups -OCH3 is 2. The first-order chi connectivity index (χ1) is 8.65. The van der Waals surface area contributed by atoms with Gasteiger partial charge in [-0.15, -0.1) is 0 Å². The number of aliphatic hydroxyl groups is 1. The van der Waals surface area contributed by atoms with E-state index in [1.807, 2.05) is 13.8 Å². The van der Waals surface area contributed by atoms with Crippen LogP contribution in [0.1, 0.15) is 40.5 Å². The molecule has 0 unspecified atom stereocenters. The van der Waals surface area contributed by atoms with Crippen LogP contribution in [-0.2, 0) is 19.1 Å². The van der Waals surface area contributed by atoms with Gasteiger partial charge in [-0.3, -0.25) is 9.59 Å². The molecule has 0 fully saturated rings. The average molecular weight is 274 g/mol. The summed E-state index contributed by atoms with van der Waals surface area (Å²) in [7, 11) is 2.59. The molecule has 0 radical (unpaired) electrons. The van der Waals surface area contributed by atoms with Crippen molar-refractivity contribution in [3.63, 3.8) is 0 Å². The first-order valence-corrected chi connectivity index (χ1v) is 6.50. The molecule has 5 heteroatoms. The molecule has 0 aromatic heterocycles. The highest BCUT2D eigenvalue weighted by Crippen LogP contribution is 2.31. The van der Waals surface area contributed by atoms with Gasteiger partial charge in [-0.1, -0.05) is 13.8 Å². The van der Waals surface area contributed by atoms with Crippen molar-refractivity contribution in [2.75, 3.05) is 14.2 Å². The van der Waals surface area contributed by atoms with Crippen molar-refractivity contribution in [3.8, 4) is 0 Å². The molecule has 0 saturated carbocycles. The molecule has 0 aliphatic carbocycles. The Balaban J connectivity index is 4.97. The molecular formula is C14H26O5. The maximum Gasteiger partial charge on any atom is 0.311 e. The van der Waals surface area contributed by atoms with E-state index in [1.54, 1.807) is 13.8 Å². The van der Waals surface area contributed by atoms with Gasteiger partial charge in [0.2, 0.25) is 0 Å². The van der Waals surface area contributed by atoms with Crippen molar-refractivity contribution in [1.29, 1.82) is 0 Å². The molecule has 0 aliphatic rings. The van der Waals surface area contributed by atoms with Gasteiger partial charge in [0.15, 0.2) is 0 Å². The van der Waals surface area contributed by atoms with E-state index < -0.39 is 29.4 Å². The number of carbonyl (C=O) groups excluding carboxylic acids is 2. The Bertz CT molecular complexity index is 309. The molecule has 0 spiro atoms. The van der Waals surface area contributed by atoms with Crippen molar-refractivity contribution in [1.82, 2.24) is 0 Å². The molecular weight excluding hydrogens is 248 g/mol. The Morgan fingerprint density at radius 1 is 1.16 bits per heavy atom. The summed E-state index contributed by atoms with van der Waals surface area (Å²) in [5.74, 6) is -1.37. The summed E-state index contributed by atoms with van der Waals surface area (Å²) in [6.07, 6.45) is -0.145. The van der Waals surface area contributed by atoms with Gasteiger partial charge >= 0.3 is 11.9 Å². The van der Waals surface area contributed by atoms with Crippen LogP contribution in [0.3, 0.4) is 0 Å². The molecule has 112 valence electrons. The minimum absolute atomic E-state index is 0.195. The molecule has 0 aliphatic heterocycles. The molecule has 5 nitrogen and oxygen atoms in total. The lowest BCUT2D eigenvalue weighted by atomic mass is 9.79. The molecule has 0 aromatic rings. The van der Waals surface area contributed by atoms with Crippen LogP contribution in [0.15, 0.2) is 0 Å². The maximum atomic E-state index is 11.8. The molecule has 0 bridgehead atoms. The monoisotopic (exact) mass is 274 g/mol. The number of aliphatic hydroxyl groups excluding tert-OH is 1. The Morgan fingerprint density at radius 2 is 1.68 bits per heavy atom. The van der Waals surface area contributed by atoms with Crippen LogP contribution in [0.4, 0.5) is 0 Å². The smallest absolute Gasteiger partial charge is 0.311 e. The third-order valence-electron chi connectivity index (χ3n) is 3.15. The number of ether oxygens (including phenoxy) is 2. The fourth-order valence-electron chi connectivity index (χ4n) is 2.08. The van der Waals surface area contributed by atoms with Crippen LogP contribution in [0.2, 0.25) is 0 Å². The van der Waals surface area contributed by atoms with Crippen molar-refractivity contribution < 1.29 is 24.2 Å². The van der Waals surface area contributed by atoms with Crippen molar-refractivity contribution >= 4 is 11.9 Å². The predicted octanol–water partition coefficient (Wildman–Crippen LogP) is 1.77. The average Bonchev–Trinajstić information content (AvgIpc) is 2.32. The number of esters is 2. The minimum Gasteiger partial charge on any atom is -0.469 e. The third-order valence-corrected chi connectivity index (χ3v) is 3.15. The van der Waals surface area contributed by atoms with Gasteiger partial charge in [-0.2, -0.15) is 0 Å². The highest BCUT2D eigenvalue weighted by Gasteiger charge is 2.38. The standard InChI is InChI=1S/C14H26O5/c1-9(2)7-11(15)10(12(16)18-5)8-14(3,4)13(17)19-6/h9-11,15H,7-8H2,1-6H3/t10-,11-/m1/s1. The van der Waals surface area contributed by atoms with Gasteiger partial charge in [-0.25, -0.2) is 0 Å². The summed E-state index contributed by atoms with van der Waals surface area (Å²) < 4.78 is 9.44. The molecule has 1 N–H and O–H groups in total. The van der Waals surface area contributed by atoms with Crippen LogP contribution >= 0.6 is 0 Å². The lowest BCUT2D eigenvalue weighted by Gasteiger charge is -2.29. The number of hydrogen-bond acceptors (Lipinski definition) is 5. The largest absolute Gasteiger partial charge is 0.469 e. The summed E-state index contributed by atoms with van der Waals surface area (Å²) in [4.78, 5) is 23.5. The molecule has 0 rings (SSSR count). The Kier molecular flexibility index (Phi) is 7.05. The van der Waals surface area contributed by atoms with Crippen LogP contribution in [-0.4, -0.2) is 37.4 Å². The number of carbonyl (C=O) groups is 2. The van der Waals surface area contributed by atoms with Gasteiger partial charge in [0.05, 0.1) is 31.7 Å². The van der Waals surface area contributed by atoms with Gasteiger partial charge < -0.3 is 14.6 Å². The molecule has 0 heterocycles. The summed E-state index contributed by atoms with van der Waals surface area (Å²) in [6, 6.07) is 0. The normalized spacial score (nSPS) is 14.9. The highest BCUT2D eigenvalue weighted by atomic mass is 16.5. The minimum atomic E-state index is -0.842. The van der Waals surface area contributed by atoms with Crippen LogP contribution in [0.25, 0.3) is 0 Å². The number of hydrogen-bond donors (Lipinski definition) is 1. The van der Waals surface area contributed by atoms with E-state index in [0.29, 0.717) is 6.42 Å². The summed E-state index contributed by atoms with van der Waals surface area (Å²) in [5, 5.41) is 10.1. The molecule has 19 heavy (non-hydrogen) atoms. The summed E-state index contributed by atoms with van der Waals surface area (Å²) in [6.45, 7) is 7.31. The van der Waals surface area contributed by atoms with E-state index in [1.165, 1.54) is 14.2 Å². The van der Waals surface area contributed by atoms with Crippen molar-refractivity contribution in [3.05, 3.63) is 0 Å². The van der Waals surface area contributed by atoms with E-state index in [0.717, 1.165) is 0 Å². The maximum absolute atomic E-state index is 11.8. The zero-order valence-corrected chi connectivity index (χ0v) is 12.7. The van der Waals surface area contributed by atoms with Crippen LogP contribution in [0, 0.1) is 17.3 Å². The first kappa shape index (κ1) is 17.9. The molecule has 0 amide bonds. The Morgan fingerprint density at radius 3 is 2.05 bits per heavy atom. The van der Waals surface area contributed by atoms with Crippen LogP contribution in [0.5, 0.6) is 0 Å². The lowest BCUT2D eigenvalue weighted by Crippen LogP contribution is -2.37. The van der Waals surface area contributed by atoms with E-state index in [-0.39, 0.29) is 12.3 Å². The van der Waals surface area contributed by atoms with Crippen molar-refractivity contribution in [2.24, 2.45) is 17.3 Å². The Hall–Kier alpha value is -1.10. The topological polar surface area (TPSA) is 72.8 Å². The van der Waals surface area contributed by atoms with E-state index in [2.05, 4.69) is 0 Å². The predicted molar refractivity (Wildman–Crippen MR) is 71.4 cm³/mol.